The minimum absolute atomic E-state index is 0. The molecule has 2 aliphatic heterocycles. The molecule has 0 saturated carbocycles. The van der Waals surface area contributed by atoms with Crippen LogP contribution >= 0.6 is 0 Å². The molecule has 4 rings (SSSR count). The Morgan fingerprint density at radius 1 is 1.29 bits per heavy atom. The number of nitrogens with one attached hydrogen (secondary N) is 1. The third kappa shape index (κ3) is 3.91. The van der Waals surface area contributed by atoms with E-state index in [1.807, 2.05) is 13.8 Å². The van der Waals surface area contributed by atoms with Crippen molar-refractivity contribution in [2.75, 3.05) is 23.4 Å². The minimum atomic E-state index is -1.60. The highest BCUT2D eigenvalue weighted by Gasteiger charge is 2.38. The number of halogens is 3. The molecule has 1 saturated heterocycles. The van der Waals surface area contributed by atoms with Crippen molar-refractivity contribution < 1.29 is 28.9 Å². The van der Waals surface area contributed by atoms with Gasteiger partial charge in [0.05, 0.1) is 43.3 Å². The number of amides is 3. The maximum atomic E-state index is 13.5. The van der Waals surface area contributed by atoms with Gasteiger partial charge < -0.3 is 15.0 Å². The number of nitrogens with zero attached hydrogens (tertiary/aromatic N) is 4. The Kier molecular flexibility index (Phi) is 5.06. The predicted octanol–water partition coefficient (Wildman–Crippen LogP) is 3.97. The van der Waals surface area contributed by atoms with Crippen molar-refractivity contribution in [1.29, 1.82) is 0 Å². The average Bonchev–Trinajstić information content (AvgIpc) is 3.09. The van der Waals surface area contributed by atoms with Crippen LogP contribution in [0.2, 0.25) is 0 Å². The van der Waals surface area contributed by atoms with E-state index in [0.29, 0.717) is 43.2 Å². The van der Waals surface area contributed by atoms with Gasteiger partial charge >= 0.3 is 12.1 Å². The van der Waals surface area contributed by atoms with Crippen LogP contribution in [0.4, 0.5) is 34.1 Å². The van der Waals surface area contributed by atoms with Crippen molar-refractivity contribution in [3.8, 4) is 0 Å². The lowest BCUT2D eigenvalue weighted by molar-refractivity contribution is 0.0820. The fraction of sp³-hybridized carbons (Fsp3) is 0.450. The smallest absolute Gasteiger partial charge is 0.414 e. The Bertz CT molecular complexity index is 1040. The van der Waals surface area contributed by atoms with E-state index in [0.717, 1.165) is 0 Å². The summed E-state index contributed by atoms with van der Waals surface area (Å²) in [4.78, 5) is 28.1. The molecule has 0 radical (unpaired) electrons. The number of anilines is 2. The van der Waals surface area contributed by atoms with E-state index in [1.165, 1.54) is 9.80 Å². The van der Waals surface area contributed by atoms with E-state index in [2.05, 4.69) is 10.4 Å². The molecule has 168 valence electrons. The second kappa shape index (κ2) is 7.47. The Hall–Kier alpha value is -3.24. The standard InChI is InChI=1S/C20H22F3N5O3.H2/c1-11-7-28-16(15(6-24-28)27-9-20(2,3)10-31-19(27)30)8-26(11)18(29)25-12-4-13(21)17(23)14(22)5-12;/h4-6,11H,7-10H2,1-3H3,(H,25,29);1H/t11-;/m0./s1. The van der Waals surface area contributed by atoms with Gasteiger partial charge in [-0.1, -0.05) is 13.8 Å². The highest BCUT2D eigenvalue weighted by molar-refractivity contribution is 5.91. The summed E-state index contributed by atoms with van der Waals surface area (Å²) < 4.78 is 47.1. The summed E-state index contributed by atoms with van der Waals surface area (Å²) in [5.41, 5.74) is 0.730. The number of benzene rings is 1. The van der Waals surface area contributed by atoms with Crippen molar-refractivity contribution in [2.24, 2.45) is 5.41 Å². The van der Waals surface area contributed by atoms with Gasteiger partial charge in [-0.05, 0) is 6.92 Å². The van der Waals surface area contributed by atoms with Gasteiger partial charge in [-0.2, -0.15) is 5.10 Å². The number of hydrogen-bond acceptors (Lipinski definition) is 4. The maximum Gasteiger partial charge on any atom is 0.414 e. The van der Waals surface area contributed by atoms with Crippen LogP contribution in [0.1, 0.15) is 27.9 Å². The van der Waals surface area contributed by atoms with Crippen LogP contribution in [0.3, 0.4) is 0 Å². The zero-order chi connectivity index (χ0) is 22.5. The first kappa shape index (κ1) is 21.0. The Labute approximate surface area is 178 Å². The highest BCUT2D eigenvalue weighted by atomic mass is 19.2. The molecule has 1 aromatic carbocycles. The monoisotopic (exact) mass is 439 g/mol. The lowest BCUT2D eigenvalue weighted by Gasteiger charge is -2.38. The summed E-state index contributed by atoms with van der Waals surface area (Å²) in [5, 5.41) is 6.74. The highest BCUT2D eigenvalue weighted by Crippen LogP contribution is 2.33. The lowest BCUT2D eigenvalue weighted by atomic mass is 9.93. The maximum absolute atomic E-state index is 13.5. The van der Waals surface area contributed by atoms with Crippen molar-refractivity contribution in [1.82, 2.24) is 14.7 Å². The molecule has 0 aliphatic carbocycles. The van der Waals surface area contributed by atoms with Gasteiger partial charge in [-0.3, -0.25) is 9.58 Å². The second-order valence-corrected chi connectivity index (χ2v) is 8.62. The fourth-order valence-electron chi connectivity index (χ4n) is 3.76. The van der Waals surface area contributed by atoms with E-state index in [4.69, 9.17) is 4.74 Å². The zero-order valence-electron chi connectivity index (χ0n) is 17.3. The van der Waals surface area contributed by atoms with Crippen molar-refractivity contribution in [3.05, 3.63) is 41.5 Å². The zero-order valence-corrected chi connectivity index (χ0v) is 17.3. The molecule has 1 aromatic heterocycles. The third-order valence-electron chi connectivity index (χ3n) is 5.40. The summed E-state index contributed by atoms with van der Waals surface area (Å²) in [6.45, 7) is 6.97. The first-order valence-corrected chi connectivity index (χ1v) is 9.77. The number of carbonyl (C=O) groups is 2. The van der Waals surface area contributed by atoms with Crippen molar-refractivity contribution >= 4 is 23.5 Å². The van der Waals surface area contributed by atoms with Crippen LogP contribution in [0, 0.1) is 22.9 Å². The van der Waals surface area contributed by atoms with Gasteiger partial charge in [0.2, 0.25) is 0 Å². The molecule has 2 aliphatic rings. The molecular weight excluding hydrogens is 415 g/mol. The molecule has 0 bridgehead atoms. The number of hydrogen-bond donors (Lipinski definition) is 1. The summed E-state index contributed by atoms with van der Waals surface area (Å²) >= 11 is 0. The number of cyclic esters (lactones) is 1. The molecule has 0 unspecified atom stereocenters. The summed E-state index contributed by atoms with van der Waals surface area (Å²) in [6.07, 6.45) is 1.08. The quantitative estimate of drug-likeness (QED) is 0.719. The molecule has 1 N–H and O–H groups in total. The van der Waals surface area contributed by atoms with E-state index >= 15 is 0 Å². The van der Waals surface area contributed by atoms with Gasteiger partial charge in [0.25, 0.3) is 0 Å². The van der Waals surface area contributed by atoms with Gasteiger partial charge in [0, 0.05) is 31.2 Å². The Morgan fingerprint density at radius 3 is 2.65 bits per heavy atom. The normalized spacial score (nSPS) is 20.3. The van der Waals surface area contributed by atoms with Gasteiger partial charge in [-0.15, -0.1) is 0 Å². The van der Waals surface area contributed by atoms with E-state index in [-0.39, 0.29) is 25.1 Å². The van der Waals surface area contributed by atoms with Crippen LogP contribution in [-0.4, -0.2) is 46.0 Å². The third-order valence-corrected chi connectivity index (χ3v) is 5.40. The Balaban J connectivity index is 0.00000289. The molecule has 31 heavy (non-hydrogen) atoms. The molecule has 3 amide bonds. The minimum Gasteiger partial charge on any atom is -0.449 e. The predicted molar refractivity (Wildman–Crippen MR) is 107 cm³/mol. The van der Waals surface area contributed by atoms with E-state index in [1.54, 1.807) is 17.8 Å². The van der Waals surface area contributed by atoms with E-state index < -0.39 is 29.6 Å². The number of aromatic nitrogens is 2. The van der Waals surface area contributed by atoms with Gasteiger partial charge in [-0.25, -0.2) is 22.8 Å². The number of fused-ring (bicyclic) bond motifs is 1. The number of carbonyl (C=O) groups excluding carboxylic acids is 2. The number of ether oxygens (including phenoxy) is 1. The second-order valence-electron chi connectivity index (χ2n) is 8.62. The SMILES string of the molecule is C[C@H]1Cn2ncc(N3CC(C)(C)COC3=O)c2CN1C(=O)Nc1cc(F)c(F)c(F)c1.[HH]. The van der Waals surface area contributed by atoms with Crippen molar-refractivity contribution in [3.63, 3.8) is 0 Å². The van der Waals surface area contributed by atoms with E-state index in [9.17, 15) is 22.8 Å². The molecule has 1 fully saturated rings. The van der Waals surface area contributed by atoms with Crippen LogP contribution in [0.25, 0.3) is 0 Å². The lowest BCUT2D eigenvalue weighted by Crippen LogP contribution is -2.49. The number of urea groups is 1. The number of rotatable bonds is 2. The van der Waals surface area contributed by atoms with Gasteiger partial charge in [0.15, 0.2) is 17.5 Å². The summed E-state index contributed by atoms with van der Waals surface area (Å²) in [7, 11) is 0. The van der Waals surface area contributed by atoms with Crippen molar-refractivity contribution in [2.45, 2.75) is 39.9 Å². The molecular formula is C20H24F3N5O3. The average molecular weight is 439 g/mol. The van der Waals surface area contributed by atoms with Gasteiger partial charge in [0.1, 0.15) is 0 Å². The molecule has 1 atom stereocenters. The largest absolute Gasteiger partial charge is 0.449 e. The van der Waals surface area contributed by atoms with Crippen LogP contribution in [0.15, 0.2) is 18.3 Å². The summed E-state index contributed by atoms with van der Waals surface area (Å²) in [5.74, 6) is -4.39. The first-order valence-electron chi connectivity index (χ1n) is 9.77. The Morgan fingerprint density at radius 2 is 1.97 bits per heavy atom. The molecule has 3 heterocycles. The molecule has 8 nitrogen and oxygen atoms in total. The fourth-order valence-corrected chi connectivity index (χ4v) is 3.76. The molecule has 11 heteroatoms. The molecule has 0 spiro atoms. The molecule has 2 aromatic rings. The topological polar surface area (TPSA) is 79.7 Å². The van der Waals surface area contributed by atoms with Crippen LogP contribution in [0.5, 0.6) is 0 Å². The first-order chi connectivity index (χ1) is 14.6. The van der Waals surface area contributed by atoms with Crippen LogP contribution < -0.4 is 10.2 Å². The van der Waals surface area contributed by atoms with Crippen LogP contribution in [-0.2, 0) is 17.8 Å². The summed E-state index contributed by atoms with van der Waals surface area (Å²) in [6, 6.07) is 0.525.